The molecule has 1 saturated heterocycles. The van der Waals surface area contributed by atoms with Crippen LogP contribution in [0.5, 0.6) is 0 Å². The molecule has 0 aromatic heterocycles. The fourth-order valence-corrected chi connectivity index (χ4v) is 3.66. The third-order valence-corrected chi connectivity index (χ3v) is 4.97. The number of aliphatic hydroxyl groups excluding tert-OH is 1. The van der Waals surface area contributed by atoms with Gasteiger partial charge in [0.05, 0.1) is 18.7 Å². The molecule has 140 valence electrons. The molecular formula is C21H22FN3O2. The number of likely N-dealkylation sites (tertiary alicyclic amines) is 1. The zero-order chi connectivity index (χ0) is 19.4. The number of halogens is 1. The van der Waals surface area contributed by atoms with E-state index in [9.17, 15) is 19.6 Å². The van der Waals surface area contributed by atoms with Gasteiger partial charge in [0.25, 0.3) is 0 Å². The van der Waals surface area contributed by atoms with E-state index in [1.165, 1.54) is 17.0 Å². The lowest BCUT2D eigenvalue weighted by Gasteiger charge is -2.51. The Labute approximate surface area is 158 Å². The van der Waals surface area contributed by atoms with Gasteiger partial charge in [-0.25, -0.2) is 9.18 Å². The van der Waals surface area contributed by atoms with E-state index >= 15 is 0 Å². The Hall–Kier alpha value is -2.91. The van der Waals surface area contributed by atoms with Crippen molar-refractivity contribution in [1.82, 2.24) is 10.2 Å². The van der Waals surface area contributed by atoms with Crippen molar-refractivity contribution in [2.24, 2.45) is 0 Å². The first-order valence-corrected chi connectivity index (χ1v) is 9.03. The summed E-state index contributed by atoms with van der Waals surface area (Å²) in [5.74, 6) is -0.629. The highest BCUT2D eigenvalue weighted by Crippen LogP contribution is 2.43. The monoisotopic (exact) mass is 367 g/mol. The molecule has 2 amide bonds. The van der Waals surface area contributed by atoms with Crippen molar-refractivity contribution in [2.75, 3.05) is 13.2 Å². The predicted octanol–water partition coefficient (Wildman–Crippen LogP) is 3.26. The van der Waals surface area contributed by atoms with Crippen LogP contribution in [0.1, 0.15) is 24.8 Å². The zero-order valence-electron chi connectivity index (χ0n) is 15.1. The molecule has 5 nitrogen and oxygen atoms in total. The summed E-state index contributed by atoms with van der Waals surface area (Å²) in [6, 6.07) is 14.4. The van der Waals surface area contributed by atoms with Gasteiger partial charge in [0.2, 0.25) is 0 Å². The summed E-state index contributed by atoms with van der Waals surface area (Å²) in [7, 11) is 0. The number of carbonyl (C=O) groups is 1. The highest BCUT2D eigenvalue weighted by molar-refractivity contribution is 5.78. The molecule has 0 aliphatic carbocycles. The number of carbonyl (C=O) groups excluding carboxylic acids is 1. The Kier molecular flexibility index (Phi) is 5.72. The Balaban J connectivity index is 1.95. The number of amides is 2. The Morgan fingerprint density at radius 2 is 1.96 bits per heavy atom. The maximum atomic E-state index is 13.3. The van der Waals surface area contributed by atoms with Crippen LogP contribution in [0.3, 0.4) is 0 Å². The van der Waals surface area contributed by atoms with Crippen molar-refractivity contribution < 1.29 is 14.3 Å². The summed E-state index contributed by atoms with van der Waals surface area (Å²) in [5, 5.41) is 22.3. The summed E-state index contributed by atoms with van der Waals surface area (Å²) in [4.78, 5) is 13.8. The van der Waals surface area contributed by atoms with Crippen LogP contribution in [-0.4, -0.2) is 41.3 Å². The molecule has 0 spiro atoms. The molecule has 1 fully saturated rings. The lowest BCUT2D eigenvalue weighted by atomic mass is 9.73. The molecule has 0 bridgehead atoms. The van der Waals surface area contributed by atoms with Crippen LogP contribution in [0.2, 0.25) is 0 Å². The normalized spacial score (nSPS) is 21.3. The SMILES string of the molecule is CCCNC(=O)N1[C@H](CO)[C@@H](c2ccccc2-c2ccc(F)cc2)[C@@H]1C#N. The molecule has 0 saturated carbocycles. The van der Waals surface area contributed by atoms with Crippen molar-refractivity contribution in [2.45, 2.75) is 31.3 Å². The largest absolute Gasteiger partial charge is 0.394 e. The van der Waals surface area contributed by atoms with Crippen molar-refractivity contribution in [1.29, 1.82) is 5.26 Å². The fourth-order valence-electron chi connectivity index (χ4n) is 3.66. The Morgan fingerprint density at radius 1 is 1.26 bits per heavy atom. The van der Waals surface area contributed by atoms with Crippen LogP contribution in [0.25, 0.3) is 11.1 Å². The number of benzene rings is 2. The van der Waals surface area contributed by atoms with Crippen molar-refractivity contribution >= 4 is 6.03 Å². The van der Waals surface area contributed by atoms with Gasteiger partial charge in [-0.1, -0.05) is 43.3 Å². The van der Waals surface area contributed by atoms with Gasteiger partial charge in [-0.2, -0.15) is 5.26 Å². The van der Waals surface area contributed by atoms with Gasteiger partial charge in [-0.15, -0.1) is 0 Å². The van der Waals surface area contributed by atoms with E-state index < -0.39 is 12.1 Å². The van der Waals surface area contributed by atoms with Gasteiger partial charge in [-0.05, 0) is 35.2 Å². The lowest BCUT2D eigenvalue weighted by molar-refractivity contribution is 0.0171. The minimum Gasteiger partial charge on any atom is -0.394 e. The van der Waals surface area contributed by atoms with E-state index in [1.807, 2.05) is 31.2 Å². The molecule has 2 aromatic carbocycles. The summed E-state index contributed by atoms with van der Waals surface area (Å²) in [6.45, 7) is 2.23. The standard InChI is InChI=1S/C21H22FN3O2/c1-2-11-24-21(27)25-18(12-23)20(19(25)13-26)17-6-4-3-5-16(17)14-7-9-15(22)10-8-14/h3-10,18-20,26H,2,11,13H2,1H3,(H,24,27)/t18-,19+,20-/m0/s1. The first-order chi connectivity index (χ1) is 13.1. The van der Waals surface area contributed by atoms with E-state index in [1.54, 1.807) is 12.1 Å². The number of urea groups is 1. The van der Waals surface area contributed by atoms with Crippen LogP contribution >= 0.6 is 0 Å². The molecule has 27 heavy (non-hydrogen) atoms. The number of nitrogens with zero attached hydrogens (tertiary/aromatic N) is 2. The quantitative estimate of drug-likeness (QED) is 0.852. The molecule has 3 atom stereocenters. The number of rotatable bonds is 5. The lowest BCUT2D eigenvalue weighted by Crippen LogP contribution is -2.67. The molecule has 1 aliphatic heterocycles. The molecule has 3 rings (SSSR count). The first-order valence-electron chi connectivity index (χ1n) is 9.03. The average Bonchev–Trinajstić information content (AvgIpc) is 2.67. The second kappa shape index (κ2) is 8.19. The summed E-state index contributed by atoms with van der Waals surface area (Å²) >= 11 is 0. The maximum absolute atomic E-state index is 13.3. The van der Waals surface area contributed by atoms with E-state index in [0.29, 0.717) is 6.54 Å². The van der Waals surface area contributed by atoms with E-state index in [0.717, 1.165) is 23.1 Å². The van der Waals surface area contributed by atoms with Gasteiger partial charge < -0.3 is 15.3 Å². The maximum Gasteiger partial charge on any atom is 0.318 e. The minimum atomic E-state index is -0.666. The van der Waals surface area contributed by atoms with E-state index in [-0.39, 0.29) is 24.4 Å². The number of nitriles is 1. The van der Waals surface area contributed by atoms with Crippen LogP contribution in [0.4, 0.5) is 9.18 Å². The van der Waals surface area contributed by atoms with Crippen LogP contribution in [0, 0.1) is 17.1 Å². The minimum absolute atomic E-state index is 0.236. The third kappa shape index (κ3) is 3.51. The number of nitrogens with one attached hydrogen (secondary N) is 1. The Bertz CT molecular complexity index is 847. The fraction of sp³-hybridized carbons (Fsp3) is 0.333. The average molecular weight is 367 g/mol. The highest BCUT2D eigenvalue weighted by atomic mass is 19.1. The molecule has 0 radical (unpaired) electrons. The first kappa shape index (κ1) is 18.9. The number of aliphatic hydroxyl groups is 1. The van der Waals surface area contributed by atoms with Crippen molar-refractivity contribution in [3.63, 3.8) is 0 Å². The molecule has 2 N–H and O–H groups in total. The van der Waals surface area contributed by atoms with Crippen LogP contribution in [0.15, 0.2) is 48.5 Å². The summed E-state index contributed by atoms with van der Waals surface area (Å²) < 4.78 is 13.3. The zero-order valence-corrected chi connectivity index (χ0v) is 15.1. The molecular weight excluding hydrogens is 345 g/mol. The number of hydrogen-bond donors (Lipinski definition) is 2. The van der Waals surface area contributed by atoms with Gasteiger partial charge in [0, 0.05) is 12.5 Å². The van der Waals surface area contributed by atoms with Crippen LogP contribution in [-0.2, 0) is 0 Å². The third-order valence-electron chi connectivity index (χ3n) is 4.97. The molecule has 1 heterocycles. The second-order valence-corrected chi connectivity index (χ2v) is 6.58. The van der Waals surface area contributed by atoms with Crippen molar-refractivity contribution in [3.8, 4) is 17.2 Å². The molecule has 0 unspecified atom stereocenters. The summed E-state index contributed by atoms with van der Waals surface area (Å²) in [6.07, 6.45) is 0.789. The van der Waals surface area contributed by atoms with E-state index in [4.69, 9.17) is 0 Å². The van der Waals surface area contributed by atoms with Gasteiger partial charge >= 0.3 is 6.03 Å². The topological polar surface area (TPSA) is 76.4 Å². The van der Waals surface area contributed by atoms with Crippen molar-refractivity contribution in [3.05, 3.63) is 59.9 Å². The highest BCUT2D eigenvalue weighted by Gasteiger charge is 2.52. The van der Waals surface area contributed by atoms with Crippen LogP contribution < -0.4 is 5.32 Å². The Morgan fingerprint density at radius 3 is 2.59 bits per heavy atom. The molecule has 6 heteroatoms. The smallest absolute Gasteiger partial charge is 0.318 e. The number of hydrogen-bond acceptors (Lipinski definition) is 3. The van der Waals surface area contributed by atoms with Gasteiger partial charge in [0.1, 0.15) is 11.9 Å². The predicted molar refractivity (Wildman–Crippen MR) is 100 cm³/mol. The molecule has 1 aliphatic rings. The van der Waals surface area contributed by atoms with E-state index in [2.05, 4.69) is 11.4 Å². The molecule has 2 aromatic rings. The van der Waals surface area contributed by atoms with Gasteiger partial charge in [0.15, 0.2) is 0 Å². The second-order valence-electron chi connectivity index (χ2n) is 6.58. The van der Waals surface area contributed by atoms with Gasteiger partial charge in [-0.3, -0.25) is 0 Å². The summed E-state index contributed by atoms with van der Waals surface area (Å²) in [5.41, 5.74) is 2.57.